The second-order valence-electron chi connectivity index (χ2n) is 4.61. The standard InChI is InChI=1S/C17H14N2O2/c20-16-12-21-17(19-18-16)15-10-8-14(9-11-15)7-6-13-4-2-1-3-5-13/h1-11H,12H2,(H,18,20)/b7-6+. The number of carbonyl (C=O) groups is 1. The van der Waals surface area contributed by atoms with Crippen LogP contribution in [0.3, 0.4) is 0 Å². The van der Waals surface area contributed by atoms with E-state index in [-0.39, 0.29) is 12.5 Å². The number of hydrogen-bond acceptors (Lipinski definition) is 3. The van der Waals surface area contributed by atoms with E-state index in [4.69, 9.17) is 4.74 Å². The first kappa shape index (κ1) is 13.1. The molecule has 1 N–H and O–H groups in total. The van der Waals surface area contributed by atoms with Crippen LogP contribution in [0.2, 0.25) is 0 Å². The number of hydrazone groups is 1. The molecule has 3 rings (SSSR count). The number of ether oxygens (including phenoxy) is 1. The molecule has 4 nitrogen and oxygen atoms in total. The van der Waals surface area contributed by atoms with Gasteiger partial charge in [-0.15, -0.1) is 5.10 Å². The molecule has 1 amide bonds. The molecule has 2 aromatic rings. The van der Waals surface area contributed by atoms with Crippen LogP contribution in [0.4, 0.5) is 0 Å². The summed E-state index contributed by atoms with van der Waals surface area (Å²) in [7, 11) is 0. The molecule has 1 aliphatic rings. The average Bonchev–Trinajstić information content (AvgIpc) is 2.55. The van der Waals surface area contributed by atoms with Crippen LogP contribution in [0, 0.1) is 0 Å². The highest BCUT2D eigenvalue weighted by molar-refractivity contribution is 5.98. The minimum Gasteiger partial charge on any atom is -0.466 e. The quantitative estimate of drug-likeness (QED) is 0.878. The van der Waals surface area contributed by atoms with E-state index in [1.54, 1.807) is 0 Å². The van der Waals surface area contributed by atoms with E-state index in [9.17, 15) is 4.79 Å². The molecule has 0 saturated heterocycles. The summed E-state index contributed by atoms with van der Waals surface area (Å²) in [4.78, 5) is 11.0. The first-order valence-corrected chi connectivity index (χ1v) is 6.64. The second-order valence-corrected chi connectivity index (χ2v) is 4.61. The van der Waals surface area contributed by atoms with Gasteiger partial charge in [-0.05, 0) is 23.3 Å². The fourth-order valence-corrected chi connectivity index (χ4v) is 1.95. The maximum absolute atomic E-state index is 11.0. The summed E-state index contributed by atoms with van der Waals surface area (Å²) in [5.41, 5.74) is 5.48. The van der Waals surface area contributed by atoms with Gasteiger partial charge >= 0.3 is 0 Å². The molecule has 0 bridgehead atoms. The highest BCUT2D eigenvalue weighted by Gasteiger charge is 2.13. The molecule has 0 radical (unpaired) electrons. The highest BCUT2D eigenvalue weighted by Crippen LogP contribution is 2.11. The fourth-order valence-electron chi connectivity index (χ4n) is 1.95. The largest absolute Gasteiger partial charge is 0.466 e. The van der Waals surface area contributed by atoms with Crippen molar-refractivity contribution in [3.05, 3.63) is 71.3 Å². The van der Waals surface area contributed by atoms with Crippen LogP contribution < -0.4 is 5.43 Å². The van der Waals surface area contributed by atoms with E-state index in [2.05, 4.69) is 28.7 Å². The van der Waals surface area contributed by atoms with E-state index < -0.39 is 0 Å². The van der Waals surface area contributed by atoms with Gasteiger partial charge in [-0.1, -0.05) is 54.6 Å². The molecular formula is C17H14N2O2. The summed E-state index contributed by atoms with van der Waals surface area (Å²) in [6.45, 7) is 0.00843. The molecule has 0 atom stereocenters. The lowest BCUT2D eigenvalue weighted by Crippen LogP contribution is -2.32. The molecule has 1 aliphatic heterocycles. The Kier molecular flexibility index (Phi) is 3.78. The summed E-state index contributed by atoms with van der Waals surface area (Å²) in [6.07, 6.45) is 4.11. The first-order valence-electron chi connectivity index (χ1n) is 6.64. The SMILES string of the molecule is O=C1COC(c2ccc(/C=C/c3ccccc3)cc2)=NN1. The van der Waals surface area contributed by atoms with Gasteiger partial charge in [0.05, 0.1) is 0 Å². The van der Waals surface area contributed by atoms with Gasteiger partial charge in [0, 0.05) is 5.56 Å². The summed E-state index contributed by atoms with van der Waals surface area (Å²) >= 11 is 0. The van der Waals surface area contributed by atoms with Crippen LogP contribution in [0.5, 0.6) is 0 Å². The fraction of sp³-hybridized carbons (Fsp3) is 0.0588. The lowest BCUT2D eigenvalue weighted by molar-refractivity contribution is -0.124. The third kappa shape index (κ3) is 3.36. The predicted molar refractivity (Wildman–Crippen MR) is 82.4 cm³/mol. The summed E-state index contributed by atoms with van der Waals surface area (Å²) in [6, 6.07) is 17.9. The Morgan fingerprint density at radius 3 is 2.24 bits per heavy atom. The smallest absolute Gasteiger partial charge is 0.278 e. The van der Waals surface area contributed by atoms with Crippen molar-refractivity contribution in [2.45, 2.75) is 0 Å². The molecule has 21 heavy (non-hydrogen) atoms. The Balaban J connectivity index is 1.73. The number of nitrogens with zero attached hydrogens (tertiary/aromatic N) is 1. The van der Waals surface area contributed by atoms with Crippen molar-refractivity contribution in [2.24, 2.45) is 5.10 Å². The van der Waals surface area contributed by atoms with Crippen LogP contribution in [-0.2, 0) is 9.53 Å². The van der Waals surface area contributed by atoms with Gasteiger partial charge < -0.3 is 4.74 Å². The van der Waals surface area contributed by atoms with Gasteiger partial charge in [0.15, 0.2) is 6.61 Å². The number of rotatable bonds is 3. The van der Waals surface area contributed by atoms with Gasteiger partial charge in [0.1, 0.15) is 0 Å². The first-order chi connectivity index (χ1) is 10.3. The van der Waals surface area contributed by atoms with Crippen LogP contribution in [0.15, 0.2) is 59.7 Å². The Morgan fingerprint density at radius 2 is 1.62 bits per heavy atom. The van der Waals surface area contributed by atoms with Crippen molar-refractivity contribution in [2.75, 3.05) is 6.61 Å². The van der Waals surface area contributed by atoms with Gasteiger partial charge in [0.25, 0.3) is 5.91 Å². The maximum atomic E-state index is 11.0. The zero-order valence-electron chi connectivity index (χ0n) is 11.3. The van der Waals surface area contributed by atoms with Crippen molar-refractivity contribution in [3.8, 4) is 0 Å². The minimum atomic E-state index is -0.235. The Hall–Kier alpha value is -2.88. The van der Waals surface area contributed by atoms with E-state index in [0.717, 1.165) is 16.7 Å². The molecule has 4 heteroatoms. The van der Waals surface area contributed by atoms with Crippen molar-refractivity contribution in [1.29, 1.82) is 0 Å². The van der Waals surface area contributed by atoms with Crippen molar-refractivity contribution in [1.82, 2.24) is 5.43 Å². The molecule has 0 spiro atoms. The maximum Gasteiger partial charge on any atom is 0.278 e. The van der Waals surface area contributed by atoms with Gasteiger partial charge in [0.2, 0.25) is 5.90 Å². The number of hydrogen-bond donors (Lipinski definition) is 1. The molecule has 0 saturated carbocycles. The summed E-state index contributed by atoms with van der Waals surface area (Å²) in [5, 5.41) is 3.88. The second kappa shape index (κ2) is 6.05. The number of carbonyl (C=O) groups excluding carboxylic acids is 1. The Morgan fingerprint density at radius 1 is 0.952 bits per heavy atom. The molecule has 0 unspecified atom stereocenters. The van der Waals surface area contributed by atoms with Crippen LogP contribution >= 0.6 is 0 Å². The topological polar surface area (TPSA) is 50.7 Å². The van der Waals surface area contributed by atoms with E-state index in [1.165, 1.54) is 0 Å². The molecule has 0 fully saturated rings. The van der Waals surface area contributed by atoms with Gasteiger partial charge in [-0.25, -0.2) is 5.43 Å². The zero-order valence-corrected chi connectivity index (χ0v) is 11.3. The molecule has 0 aromatic heterocycles. The van der Waals surface area contributed by atoms with Crippen molar-refractivity contribution in [3.63, 3.8) is 0 Å². The van der Waals surface area contributed by atoms with Gasteiger partial charge in [-0.2, -0.15) is 0 Å². The predicted octanol–water partition coefficient (Wildman–Crippen LogP) is 2.67. The van der Waals surface area contributed by atoms with Crippen molar-refractivity contribution >= 4 is 24.0 Å². The third-order valence-corrected chi connectivity index (χ3v) is 3.05. The van der Waals surface area contributed by atoms with E-state index >= 15 is 0 Å². The van der Waals surface area contributed by atoms with Crippen LogP contribution in [-0.4, -0.2) is 18.4 Å². The van der Waals surface area contributed by atoms with Crippen LogP contribution in [0.1, 0.15) is 16.7 Å². The zero-order chi connectivity index (χ0) is 14.5. The highest BCUT2D eigenvalue weighted by atomic mass is 16.5. The van der Waals surface area contributed by atoms with E-state index in [0.29, 0.717) is 5.90 Å². The Bertz CT molecular complexity index is 688. The minimum absolute atomic E-state index is 0.00843. The lowest BCUT2D eigenvalue weighted by Gasteiger charge is -2.13. The third-order valence-electron chi connectivity index (χ3n) is 3.05. The molecule has 1 heterocycles. The average molecular weight is 278 g/mol. The van der Waals surface area contributed by atoms with Crippen molar-refractivity contribution < 1.29 is 9.53 Å². The monoisotopic (exact) mass is 278 g/mol. The van der Waals surface area contributed by atoms with E-state index in [1.807, 2.05) is 48.5 Å². The summed E-state index contributed by atoms with van der Waals surface area (Å²) < 4.78 is 5.27. The van der Waals surface area contributed by atoms with Crippen LogP contribution in [0.25, 0.3) is 12.2 Å². The molecular weight excluding hydrogens is 264 g/mol. The number of amides is 1. The Labute approximate surface area is 122 Å². The molecule has 0 aliphatic carbocycles. The number of nitrogens with one attached hydrogen (secondary N) is 1. The normalized spacial score (nSPS) is 14.5. The molecule has 104 valence electrons. The number of benzene rings is 2. The molecule has 2 aromatic carbocycles. The summed E-state index contributed by atoms with van der Waals surface area (Å²) in [5.74, 6) is 0.203. The van der Waals surface area contributed by atoms with Gasteiger partial charge in [-0.3, -0.25) is 4.79 Å². The lowest BCUT2D eigenvalue weighted by atomic mass is 10.1.